The summed E-state index contributed by atoms with van der Waals surface area (Å²) < 4.78 is 68.7. The zero-order chi connectivity index (χ0) is 17.5. The number of carbonyl (C=O) groups excluding carboxylic acids is 1. The van der Waals surface area contributed by atoms with E-state index in [0.717, 1.165) is 13.0 Å². The van der Waals surface area contributed by atoms with E-state index in [1.54, 1.807) is 0 Å². The number of hydrogen-bond donors (Lipinski definition) is 2. The number of phenolic OH excluding ortho intramolecular Hbond substituents is 1. The summed E-state index contributed by atoms with van der Waals surface area (Å²) in [5.41, 5.74) is 2.09. The van der Waals surface area contributed by atoms with Crippen LogP contribution < -0.4 is 5.73 Å². The molecule has 0 spiro atoms. The van der Waals surface area contributed by atoms with Crippen LogP contribution in [0.15, 0.2) is 12.1 Å². The number of halogens is 5. The lowest BCUT2D eigenvalue weighted by atomic mass is 9.94. The normalized spacial score (nSPS) is 10.9. The summed E-state index contributed by atoms with van der Waals surface area (Å²) in [4.78, 5) is 10.9. The minimum atomic E-state index is -1.86. The van der Waals surface area contributed by atoms with Crippen molar-refractivity contribution in [1.29, 1.82) is 0 Å². The Morgan fingerprint density at radius 2 is 1.65 bits per heavy atom. The Hall–Kier alpha value is -2.64. The van der Waals surface area contributed by atoms with E-state index in [2.05, 4.69) is 0 Å². The molecule has 122 valence electrons. The van der Waals surface area contributed by atoms with Gasteiger partial charge < -0.3 is 10.8 Å². The van der Waals surface area contributed by atoms with Crippen LogP contribution in [0, 0.1) is 36.0 Å². The van der Waals surface area contributed by atoms with Crippen molar-refractivity contribution in [3.63, 3.8) is 0 Å². The highest BCUT2D eigenvalue weighted by molar-refractivity contribution is 5.80. The molecular formula is C15H10F5NO2. The summed E-state index contributed by atoms with van der Waals surface area (Å²) in [5.74, 6) is -9.95. The van der Waals surface area contributed by atoms with Crippen LogP contribution in [0.2, 0.25) is 0 Å². The molecule has 2 rings (SSSR count). The molecule has 2 aromatic rings. The second-order valence-electron chi connectivity index (χ2n) is 4.82. The van der Waals surface area contributed by atoms with Gasteiger partial charge in [0, 0.05) is 16.7 Å². The van der Waals surface area contributed by atoms with Crippen LogP contribution >= 0.6 is 0 Å². The van der Waals surface area contributed by atoms with Gasteiger partial charge >= 0.3 is 0 Å². The first-order valence-corrected chi connectivity index (χ1v) is 6.28. The average molecular weight is 331 g/mol. The first-order valence-electron chi connectivity index (χ1n) is 6.28. The summed E-state index contributed by atoms with van der Waals surface area (Å²) in [6.45, 7) is 1.02. The zero-order valence-corrected chi connectivity index (χ0v) is 11.7. The maximum atomic E-state index is 14.5. The molecule has 0 unspecified atom stereocenters. The number of rotatable bonds is 3. The largest absolute Gasteiger partial charge is 0.505 e. The van der Waals surface area contributed by atoms with Crippen molar-refractivity contribution in [2.75, 3.05) is 0 Å². The molecule has 2 aromatic carbocycles. The predicted molar refractivity (Wildman–Crippen MR) is 71.0 cm³/mol. The molecule has 1 amide bonds. The van der Waals surface area contributed by atoms with Crippen molar-refractivity contribution in [3.8, 4) is 16.9 Å². The van der Waals surface area contributed by atoms with Gasteiger partial charge in [-0.15, -0.1) is 0 Å². The van der Waals surface area contributed by atoms with Crippen LogP contribution in [0.1, 0.15) is 11.1 Å². The van der Waals surface area contributed by atoms with Gasteiger partial charge in [-0.3, -0.25) is 4.79 Å². The van der Waals surface area contributed by atoms with Gasteiger partial charge in [-0.05, 0) is 24.6 Å². The second-order valence-corrected chi connectivity index (χ2v) is 4.82. The topological polar surface area (TPSA) is 63.3 Å². The first kappa shape index (κ1) is 16.7. The van der Waals surface area contributed by atoms with Gasteiger partial charge in [0.25, 0.3) is 0 Å². The predicted octanol–water partition coefficient (Wildman–Crippen LogP) is 3.09. The smallest absolute Gasteiger partial charge is 0.222 e. The quantitative estimate of drug-likeness (QED) is 0.671. The maximum absolute atomic E-state index is 14.5. The average Bonchev–Trinajstić information content (AvgIpc) is 2.49. The molecule has 8 heteroatoms. The number of benzene rings is 2. The summed E-state index contributed by atoms with van der Waals surface area (Å²) in [7, 11) is 0. The Morgan fingerprint density at radius 3 is 2.22 bits per heavy atom. The highest BCUT2D eigenvalue weighted by Crippen LogP contribution is 2.38. The summed E-state index contributed by atoms with van der Waals surface area (Å²) in [6, 6.07) is 1.27. The Labute approximate surface area is 127 Å². The van der Waals surface area contributed by atoms with E-state index in [4.69, 9.17) is 5.73 Å². The highest BCUT2D eigenvalue weighted by Gasteiger charge is 2.27. The van der Waals surface area contributed by atoms with Crippen molar-refractivity contribution in [3.05, 3.63) is 52.3 Å². The Morgan fingerprint density at radius 1 is 1.04 bits per heavy atom. The molecule has 0 aliphatic heterocycles. The molecule has 0 atom stereocenters. The minimum Gasteiger partial charge on any atom is -0.505 e. The SMILES string of the molecule is Cc1c(F)c(O)c(CC(N)=O)c(F)c1-c1ccc(F)c(F)c1F. The lowest BCUT2D eigenvalue weighted by Gasteiger charge is -2.15. The van der Waals surface area contributed by atoms with Crippen LogP contribution in [0.5, 0.6) is 5.75 Å². The van der Waals surface area contributed by atoms with E-state index >= 15 is 0 Å². The summed E-state index contributed by atoms with van der Waals surface area (Å²) in [6.07, 6.45) is -0.854. The van der Waals surface area contributed by atoms with Crippen molar-refractivity contribution in [2.45, 2.75) is 13.3 Å². The molecule has 0 aliphatic carbocycles. The highest BCUT2D eigenvalue weighted by atomic mass is 19.2. The molecule has 0 aromatic heterocycles. The standard InChI is InChI=1S/C15H10F5NO2/c1-5-10(6-2-3-8(16)14(20)13(6)19)12(18)7(4-9(21)22)15(23)11(5)17/h2-3,23H,4H2,1H3,(H2,21,22). The van der Waals surface area contributed by atoms with Gasteiger partial charge in [0.2, 0.25) is 5.91 Å². The molecular weight excluding hydrogens is 321 g/mol. The Kier molecular flexibility index (Phi) is 4.26. The summed E-state index contributed by atoms with van der Waals surface area (Å²) in [5, 5.41) is 9.60. The van der Waals surface area contributed by atoms with E-state index in [1.165, 1.54) is 0 Å². The van der Waals surface area contributed by atoms with Crippen LogP contribution in [-0.2, 0) is 11.2 Å². The fourth-order valence-electron chi connectivity index (χ4n) is 2.21. The van der Waals surface area contributed by atoms with Crippen LogP contribution in [0.25, 0.3) is 11.1 Å². The third-order valence-electron chi connectivity index (χ3n) is 3.34. The van der Waals surface area contributed by atoms with Gasteiger partial charge in [0.1, 0.15) is 5.82 Å². The number of amides is 1. The number of hydrogen-bond acceptors (Lipinski definition) is 2. The van der Waals surface area contributed by atoms with E-state index in [1.807, 2.05) is 0 Å². The van der Waals surface area contributed by atoms with Gasteiger partial charge in [-0.1, -0.05) is 0 Å². The van der Waals surface area contributed by atoms with E-state index in [0.29, 0.717) is 6.07 Å². The molecule has 3 nitrogen and oxygen atoms in total. The van der Waals surface area contributed by atoms with Gasteiger partial charge in [0.15, 0.2) is 29.0 Å². The Balaban J connectivity index is 2.85. The zero-order valence-electron chi connectivity index (χ0n) is 11.7. The van der Waals surface area contributed by atoms with Crippen molar-refractivity contribution < 1.29 is 31.9 Å². The maximum Gasteiger partial charge on any atom is 0.222 e. The molecule has 0 saturated heterocycles. The molecule has 0 bridgehead atoms. The molecule has 0 fully saturated rings. The van der Waals surface area contributed by atoms with E-state index in [9.17, 15) is 31.9 Å². The summed E-state index contributed by atoms with van der Waals surface area (Å²) >= 11 is 0. The number of aromatic hydroxyl groups is 1. The third kappa shape index (κ3) is 2.71. The fourth-order valence-corrected chi connectivity index (χ4v) is 2.21. The van der Waals surface area contributed by atoms with Crippen molar-refractivity contribution in [2.24, 2.45) is 5.73 Å². The number of phenols is 1. The molecule has 3 N–H and O–H groups in total. The van der Waals surface area contributed by atoms with E-state index < -0.39 is 69.4 Å². The molecule has 0 heterocycles. The van der Waals surface area contributed by atoms with E-state index in [-0.39, 0.29) is 0 Å². The third-order valence-corrected chi connectivity index (χ3v) is 3.34. The second kappa shape index (κ2) is 5.86. The van der Waals surface area contributed by atoms with Gasteiger partial charge in [-0.2, -0.15) is 0 Å². The monoisotopic (exact) mass is 331 g/mol. The molecule has 0 radical (unpaired) electrons. The fraction of sp³-hybridized carbons (Fsp3) is 0.133. The lowest BCUT2D eigenvalue weighted by Crippen LogP contribution is -2.16. The van der Waals surface area contributed by atoms with Crippen LogP contribution in [-0.4, -0.2) is 11.0 Å². The van der Waals surface area contributed by atoms with Crippen molar-refractivity contribution >= 4 is 5.91 Å². The van der Waals surface area contributed by atoms with Crippen molar-refractivity contribution in [1.82, 2.24) is 0 Å². The lowest BCUT2D eigenvalue weighted by molar-refractivity contribution is -0.117. The number of nitrogens with two attached hydrogens (primary N) is 1. The first-order chi connectivity index (χ1) is 10.7. The van der Waals surface area contributed by atoms with Gasteiger partial charge in [-0.25, -0.2) is 22.0 Å². The molecule has 0 aliphatic rings. The molecule has 0 saturated carbocycles. The Bertz CT molecular complexity index is 820. The van der Waals surface area contributed by atoms with Gasteiger partial charge in [0.05, 0.1) is 6.42 Å². The number of primary amides is 1. The molecule has 23 heavy (non-hydrogen) atoms. The minimum absolute atomic E-state index is 0.530. The number of carbonyl (C=O) groups is 1. The van der Waals surface area contributed by atoms with Crippen LogP contribution in [0.3, 0.4) is 0 Å². The van der Waals surface area contributed by atoms with Crippen LogP contribution in [0.4, 0.5) is 22.0 Å².